The molecule has 4 fully saturated rings. The highest BCUT2D eigenvalue weighted by molar-refractivity contribution is 5.76. The van der Waals surface area contributed by atoms with Gasteiger partial charge >= 0.3 is 6.18 Å². The van der Waals surface area contributed by atoms with Crippen molar-refractivity contribution in [3.05, 3.63) is 47.2 Å². The van der Waals surface area contributed by atoms with Gasteiger partial charge < -0.3 is 9.64 Å². The highest BCUT2D eigenvalue weighted by atomic mass is 19.4. The van der Waals surface area contributed by atoms with Crippen LogP contribution in [-0.4, -0.2) is 50.8 Å². The molecule has 3 aliphatic carbocycles. The number of morpholine rings is 1. The summed E-state index contributed by atoms with van der Waals surface area (Å²) in [4.78, 5) is 24.8. The fraction of sp³-hybridized carbons (Fsp3) is 0.522. The van der Waals surface area contributed by atoms with Crippen LogP contribution >= 0.6 is 0 Å². The number of aryl methyl sites for hydroxylation is 2. The zero-order valence-corrected chi connectivity index (χ0v) is 18.4. The number of hydrogen-bond acceptors (Lipinski definition) is 7. The average molecular weight is 456 g/mol. The van der Waals surface area contributed by atoms with Crippen molar-refractivity contribution in [2.75, 3.05) is 24.6 Å². The van der Waals surface area contributed by atoms with Crippen LogP contribution in [-0.2, 0) is 10.2 Å². The molecule has 2 bridgehead atoms. The zero-order chi connectivity index (χ0) is 23.0. The zero-order valence-electron chi connectivity index (χ0n) is 18.4. The number of anilines is 1. The molecule has 4 aliphatic rings. The molecule has 3 saturated carbocycles. The molecule has 1 atom stereocenters. The largest absolute Gasteiger partial charge is 0.394 e. The molecule has 0 amide bonds. The normalized spacial score (nSPS) is 29.0. The van der Waals surface area contributed by atoms with Gasteiger partial charge in [0.2, 0.25) is 5.95 Å². The number of fused-ring (bicyclic) bond motifs is 1. The Kier molecular flexibility index (Phi) is 4.28. The number of pyridine rings is 1. The molecular formula is C23H23F3N6O. The van der Waals surface area contributed by atoms with Crippen molar-refractivity contribution in [3.63, 3.8) is 0 Å². The van der Waals surface area contributed by atoms with Crippen molar-refractivity contribution in [1.82, 2.24) is 24.9 Å². The van der Waals surface area contributed by atoms with Crippen LogP contribution in [0.1, 0.15) is 48.0 Å². The van der Waals surface area contributed by atoms with Gasteiger partial charge in [-0.3, -0.25) is 4.98 Å². The molecule has 10 heteroatoms. The van der Waals surface area contributed by atoms with E-state index in [-0.39, 0.29) is 25.4 Å². The molecule has 33 heavy (non-hydrogen) atoms. The molecule has 3 aromatic heterocycles. The molecule has 0 N–H and O–H groups in total. The molecule has 0 radical (unpaired) electrons. The summed E-state index contributed by atoms with van der Waals surface area (Å²) in [7, 11) is 0. The minimum Gasteiger partial charge on any atom is -0.370 e. The first-order valence-corrected chi connectivity index (χ1v) is 11.1. The molecule has 1 aliphatic heterocycles. The third-order valence-corrected chi connectivity index (χ3v) is 7.29. The molecule has 1 saturated heterocycles. The lowest BCUT2D eigenvalue weighted by Crippen LogP contribution is -2.70. The molecule has 4 heterocycles. The van der Waals surface area contributed by atoms with E-state index in [0.717, 1.165) is 11.3 Å². The smallest absolute Gasteiger partial charge is 0.370 e. The lowest BCUT2D eigenvalue weighted by molar-refractivity contribution is -0.337. The van der Waals surface area contributed by atoms with Gasteiger partial charge in [-0.05, 0) is 50.8 Å². The summed E-state index contributed by atoms with van der Waals surface area (Å²) >= 11 is 0. The van der Waals surface area contributed by atoms with E-state index in [1.54, 1.807) is 12.4 Å². The first-order valence-electron chi connectivity index (χ1n) is 11.1. The third-order valence-electron chi connectivity index (χ3n) is 7.29. The van der Waals surface area contributed by atoms with E-state index in [0.29, 0.717) is 48.2 Å². The van der Waals surface area contributed by atoms with Crippen molar-refractivity contribution in [3.8, 4) is 0 Å². The summed E-state index contributed by atoms with van der Waals surface area (Å²) in [5, 5.41) is 0. The monoisotopic (exact) mass is 456 g/mol. The number of halogens is 3. The molecular weight excluding hydrogens is 433 g/mol. The minimum absolute atomic E-state index is 0.0621. The highest BCUT2D eigenvalue weighted by Crippen LogP contribution is 2.78. The predicted octanol–water partition coefficient (Wildman–Crippen LogP) is 3.99. The highest BCUT2D eigenvalue weighted by Gasteiger charge is 2.79. The van der Waals surface area contributed by atoms with Crippen molar-refractivity contribution >= 4 is 17.1 Å². The Morgan fingerprint density at radius 3 is 2.58 bits per heavy atom. The van der Waals surface area contributed by atoms with E-state index < -0.39 is 17.0 Å². The SMILES string of the molecule is Cc1cc([C@@H]2CN(c3nc(C45CC(C(F)(F)F)(C4)C5)c4ncc(C)nc4n3)CCO2)ccn1. The third kappa shape index (κ3) is 3.10. The van der Waals surface area contributed by atoms with E-state index in [2.05, 4.69) is 19.9 Å². The van der Waals surface area contributed by atoms with Gasteiger partial charge in [-0.2, -0.15) is 18.2 Å². The fourth-order valence-corrected chi connectivity index (χ4v) is 5.63. The van der Waals surface area contributed by atoms with Gasteiger partial charge in [0.25, 0.3) is 0 Å². The Morgan fingerprint density at radius 1 is 1.06 bits per heavy atom. The van der Waals surface area contributed by atoms with Crippen LogP contribution in [0.15, 0.2) is 24.5 Å². The lowest BCUT2D eigenvalue weighted by Gasteiger charge is -2.70. The first kappa shape index (κ1) is 20.7. The van der Waals surface area contributed by atoms with Crippen molar-refractivity contribution < 1.29 is 17.9 Å². The molecule has 0 aromatic carbocycles. The summed E-state index contributed by atoms with van der Waals surface area (Å²) in [5.41, 5.74) is 2.02. The number of aromatic nitrogens is 5. The second kappa shape index (κ2) is 6.82. The second-order valence-electron chi connectivity index (χ2n) is 9.68. The summed E-state index contributed by atoms with van der Waals surface area (Å²) in [6.45, 7) is 5.37. The number of ether oxygens (including phenoxy) is 1. The van der Waals surface area contributed by atoms with Gasteiger partial charge in [0.05, 0.1) is 30.0 Å². The van der Waals surface area contributed by atoms with Gasteiger partial charge in [0.1, 0.15) is 11.6 Å². The number of nitrogens with zero attached hydrogens (tertiary/aromatic N) is 6. The summed E-state index contributed by atoms with van der Waals surface area (Å²) in [6.07, 6.45) is -0.782. The Hall–Kier alpha value is -2.88. The molecule has 3 aromatic rings. The van der Waals surface area contributed by atoms with Gasteiger partial charge in [0.15, 0.2) is 5.65 Å². The van der Waals surface area contributed by atoms with Gasteiger partial charge in [-0.25, -0.2) is 15.0 Å². The Morgan fingerprint density at radius 2 is 1.85 bits per heavy atom. The van der Waals surface area contributed by atoms with Crippen LogP contribution in [0.25, 0.3) is 11.2 Å². The maximum atomic E-state index is 13.5. The molecule has 7 rings (SSSR count). The van der Waals surface area contributed by atoms with Crippen LogP contribution in [0.3, 0.4) is 0 Å². The van der Waals surface area contributed by atoms with E-state index >= 15 is 0 Å². The van der Waals surface area contributed by atoms with Gasteiger partial charge in [-0.1, -0.05) is 0 Å². The van der Waals surface area contributed by atoms with Crippen LogP contribution in [0.2, 0.25) is 0 Å². The maximum Gasteiger partial charge on any atom is 0.394 e. The number of alkyl halides is 3. The van der Waals surface area contributed by atoms with E-state index in [4.69, 9.17) is 9.72 Å². The van der Waals surface area contributed by atoms with E-state index in [1.807, 2.05) is 30.9 Å². The number of hydrogen-bond donors (Lipinski definition) is 0. The van der Waals surface area contributed by atoms with Crippen molar-refractivity contribution in [2.24, 2.45) is 5.41 Å². The van der Waals surface area contributed by atoms with Crippen LogP contribution in [0.5, 0.6) is 0 Å². The Labute approximate surface area is 188 Å². The summed E-state index contributed by atoms with van der Waals surface area (Å²) in [6, 6.07) is 3.93. The van der Waals surface area contributed by atoms with E-state index in [1.165, 1.54) is 0 Å². The molecule has 7 nitrogen and oxygen atoms in total. The predicted molar refractivity (Wildman–Crippen MR) is 114 cm³/mol. The Balaban J connectivity index is 1.37. The Bertz CT molecular complexity index is 1240. The molecule has 0 unspecified atom stereocenters. The average Bonchev–Trinajstić information content (AvgIpc) is 2.70. The number of rotatable bonds is 3. The summed E-state index contributed by atoms with van der Waals surface area (Å²) in [5.74, 6) is 0.474. The van der Waals surface area contributed by atoms with Gasteiger partial charge in [0, 0.05) is 30.0 Å². The standard InChI is InChI=1S/C23H23F3N6O/c1-13-7-15(3-4-27-13)16-9-32(5-6-33-16)20-30-18(17-19(31-20)29-14(2)8-28-17)21-10-22(11-21,12-21)23(24,25)26/h3-4,7-8,16H,5-6,9-12H2,1-2H3/t16-,21?,22?/m0/s1. The topological polar surface area (TPSA) is 76.9 Å². The first-order chi connectivity index (χ1) is 15.7. The van der Waals surface area contributed by atoms with Crippen LogP contribution in [0, 0.1) is 19.3 Å². The molecule has 172 valence electrons. The molecule has 0 spiro atoms. The minimum atomic E-state index is -4.18. The van der Waals surface area contributed by atoms with Crippen LogP contribution in [0.4, 0.5) is 19.1 Å². The summed E-state index contributed by atoms with van der Waals surface area (Å²) < 4.78 is 46.5. The van der Waals surface area contributed by atoms with Gasteiger partial charge in [-0.15, -0.1) is 0 Å². The quantitative estimate of drug-likeness (QED) is 0.590. The lowest BCUT2D eigenvalue weighted by atomic mass is 9.34. The maximum absolute atomic E-state index is 13.5. The fourth-order valence-electron chi connectivity index (χ4n) is 5.63. The van der Waals surface area contributed by atoms with Crippen LogP contribution < -0.4 is 4.90 Å². The van der Waals surface area contributed by atoms with E-state index in [9.17, 15) is 13.2 Å². The van der Waals surface area contributed by atoms with Crippen molar-refractivity contribution in [1.29, 1.82) is 0 Å². The van der Waals surface area contributed by atoms with Crippen molar-refractivity contribution in [2.45, 2.75) is 50.8 Å². The second-order valence-corrected chi connectivity index (χ2v) is 9.68.